The molecular weight excluding hydrogens is 374 g/mol. The molecule has 1 saturated carbocycles. The molecule has 0 aromatic heterocycles. The molecule has 1 saturated heterocycles. The molecule has 0 bridgehead atoms. The van der Waals surface area contributed by atoms with Crippen LogP contribution in [-0.2, 0) is 9.47 Å². The van der Waals surface area contributed by atoms with Crippen LogP contribution in [0.3, 0.4) is 0 Å². The van der Waals surface area contributed by atoms with E-state index in [9.17, 15) is 29.2 Å². The lowest BCUT2D eigenvalue weighted by Crippen LogP contribution is -2.67. The molecule has 1 aromatic rings. The Balaban J connectivity index is 1.84. The topological polar surface area (TPSA) is 99.4 Å². The lowest BCUT2D eigenvalue weighted by Gasteiger charge is -2.46. The van der Waals surface area contributed by atoms with Gasteiger partial charge in [0.1, 0.15) is 18.3 Å². The molecule has 0 unspecified atom stereocenters. The van der Waals surface area contributed by atoms with Crippen LogP contribution in [0.15, 0.2) is 30.3 Å². The maximum atomic E-state index is 13.4. The average molecular weight is 398 g/mol. The molecule has 0 amide bonds. The highest BCUT2D eigenvalue weighted by atomic mass is 19.3. The number of rotatable bonds is 3. The Kier molecular flexibility index (Phi) is 6.34. The van der Waals surface area contributed by atoms with Crippen molar-refractivity contribution in [3.8, 4) is 11.8 Å². The molecule has 6 nitrogen and oxygen atoms in total. The normalized spacial score (nSPS) is 35.8. The van der Waals surface area contributed by atoms with Gasteiger partial charge >= 0.3 is 0 Å². The summed E-state index contributed by atoms with van der Waals surface area (Å²) in [5.74, 6) is 2.47. The van der Waals surface area contributed by atoms with Gasteiger partial charge < -0.3 is 29.9 Å². The van der Waals surface area contributed by atoms with Crippen molar-refractivity contribution in [2.45, 2.75) is 67.9 Å². The fraction of sp³-hybridized carbons (Fsp3) is 0.600. The Morgan fingerprint density at radius 2 is 1.79 bits per heavy atom. The first-order chi connectivity index (χ1) is 13.2. The zero-order valence-electron chi connectivity index (χ0n) is 15.2. The predicted octanol–water partition coefficient (Wildman–Crippen LogP) is 0.803. The zero-order valence-corrected chi connectivity index (χ0v) is 15.2. The van der Waals surface area contributed by atoms with E-state index in [2.05, 4.69) is 11.8 Å². The van der Waals surface area contributed by atoms with E-state index in [-0.39, 0.29) is 25.7 Å². The molecule has 1 heterocycles. The number of aliphatic hydroxyl groups excluding tert-OH is 3. The first-order valence-corrected chi connectivity index (χ1v) is 9.21. The van der Waals surface area contributed by atoms with E-state index in [1.165, 1.54) is 0 Å². The monoisotopic (exact) mass is 398 g/mol. The van der Waals surface area contributed by atoms with E-state index in [4.69, 9.17) is 9.47 Å². The Hall–Kier alpha value is -1.60. The van der Waals surface area contributed by atoms with Gasteiger partial charge in [0.05, 0.1) is 12.7 Å². The number of hydrogen-bond acceptors (Lipinski definition) is 6. The average Bonchev–Trinajstić information content (AvgIpc) is 2.69. The smallest absolute Gasteiger partial charge is 0.248 e. The van der Waals surface area contributed by atoms with Gasteiger partial charge in [-0.1, -0.05) is 30.0 Å². The van der Waals surface area contributed by atoms with Gasteiger partial charge in [0, 0.05) is 18.4 Å². The second-order valence-electron chi connectivity index (χ2n) is 7.26. The summed E-state index contributed by atoms with van der Waals surface area (Å²) in [6.07, 6.45) is -7.34. The SMILES string of the molecule is OC[C@H]1O[C@H](OC2CCC(F)(F)CC2)[C@](O)(C#Cc2ccccc2)[C@@H](O)[C@@H]1O. The number of benzene rings is 1. The summed E-state index contributed by atoms with van der Waals surface area (Å²) < 4.78 is 37.9. The van der Waals surface area contributed by atoms with Crippen molar-refractivity contribution in [1.82, 2.24) is 0 Å². The maximum absolute atomic E-state index is 13.4. The third-order valence-corrected chi connectivity index (χ3v) is 5.15. The number of hydrogen-bond donors (Lipinski definition) is 4. The molecule has 0 radical (unpaired) electrons. The minimum absolute atomic E-state index is 0.0531. The summed E-state index contributed by atoms with van der Waals surface area (Å²) in [7, 11) is 0. The van der Waals surface area contributed by atoms with Gasteiger partial charge in [-0.2, -0.15) is 0 Å². The van der Waals surface area contributed by atoms with Crippen LogP contribution in [0.2, 0.25) is 0 Å². The van der Waals surface area contributed by atoms with Crippen molar-refractivity contribution < 1.29 is 38.7 Å². The minimum atomic E-state index is -2.75. The van der Waals surface area contributed by atoms with Gasteiger partial charge in [-0.05, 0) is 25.0 Å². The van der Waals surface area contributed by atoms with E-state index in [0.717, 1.165) is 0 Å². The van der Waals surface area contributed by atoms with Crippen molar-refractivity contribution in [3.63, 3.8) is 0 Å². The third-order valence-electron chi connectivity index (χ3n) is 5.15. The van der Waals surface area contributed by atoms with Crippen molar-refractivity contribution in [1.29, 1.82) is 0 Å². The highest BCUT2D eigenvalue weighted by Gasteiger charge is 2.55. The highest BCUT2D eigenvalue weighted by Crippen LogP contribution is 2.37. The number of alkyl halides is 2. The van der Waals surface area contributed by atoms with Crippen LogP contribution in [0.1, 0.15) is 31.2 Å². The Morgan fingerprint density at radius 3 is 2.39 bits per heavy atom. The molecule has 1 aliphatic heterocycles. The summed E-state index contributed by atoms with van der Waals surface area (Å²) in [6, 6.07) is 8.67. The number of ether oxygens (including phenoxy) is 2. The van der Waals surface area contributed by atoms with Crippen LogP contribution in [0.5, 0.6) is 0 Å². The molecule has 2 aliphatic rings. The van der Waals surface area contributed by atoms with Gasteiger partial charge in [-0.25, -0.2) is 8.78 Å². The number of aliphatic hydroxyl groups is 4. The molecule has 1 aromatic carbocycles. The summed E-state index contributed by atoms with van der Waals surface area (Å²) >= 11 is 0. The summed E-state index contributed by atoms with van der Waals surface area (Å²) in [5, 5.41) is 41.0. The van der Waals surface area contributed by atoms with Crippen molar-refractivity contribution >= 4 is 0 Å². The van der Waals surface area contributed by atoms with Crippen molar-refractivity contribution in [3.05, 3.63) is 35.9 Å². The summed E-state index contributed by atoms with van der Waals surface area (Å²) in [4.78, 5) is 0. The van der Waals surface area contributed by atoms with E-state index >= 15 is 0 Å². The van der Waals surface area contributed by atoms with Crippen LogP contribution in [-0.4, -0.2) is 69.3 Å². The minimum Gasteiger partial charge on any atom is -0.394 e. The Morgan fingerprint density at radius 1 is 1.14 bits per heavy atom. The maximum Gasteiger partial charge on any atom is 0.248 e. The molecule has 5 atom stereocenters. The Bertz CT molecular complexity index is 708. The summed E-state index contributed by atoms with van der Waals surface area (Å²) in [6.45, 7) is -0.622. The molecule has 0 spiro atoms. The van der Waals surface area contributed by atoms with Crippen LogP contribution < -0.4 is 0 Å². The van der Waals surface area contributed by atoms with Gasteiger partial charge in [-0.15, -0.1) is 0 Å². The molecule has 4 N–H and O–H groups in total. The second-order valence-corrected chi connectivity index (χ2v) is 7.26. The van der Waals surface area contributed by atoms with Crippen LogP contribution in [0.25, 0.3) is 0 Å². The van der Waals surface area contributed by atoms with E-state index < -0.39 is 48.8 Å². The quantitative estimate of drug-likeness (QED) is 0.563. The van der Waals surface area contributed by atoms with Gasteiger partial charge in [0.25, 0.3) is 0 Å². The van der Waals surface area contributed by atoms with Crippen molar-refractivity contribution in [2.75, 3.05) is 6.61 Å². The lowest BCUT2D eigenvalue weighted by atomic mass is 9.86. The standard InChI is InChI=1S/C20H24F2O6/c21-19(22)9-7-14(8-10-19)27-18-20(26,11-6-13-4-2-1-3-5-13)17(25)16(24)15(12-23)28-18/h1-5,14-18,23-26H,7-10,12H2/t15-,16-,17+,18+,20+/m1/s1. The highest BCUT2D eigenvalue weighted by molar-refractivity contribution is 5.37. The fourth-order valence-corrected chi connectivity index (χ4v) is 3.38. The third kappa shape index (κ3) is 4.51. The molecule has 1 aliphatic carbocycles. The number of halogens is 2. The van der Waals surface area contributed by atoms with Gasteiger partial charge in [0.2, 0.25) is 17.8 Å². The van der Waals surface area contributed by atoms with E-state index in [1.54, 1.807) is 30.3 Å². The second kappa shape index (κ2) is 8.41. The zero-order chi connectivity index (χ0) is 20.4. The molecule has 2 fully saturated rings. The predicted molar refractivity (Wildman–Crippen MR) is 94.3 cm³/mol. The Labute approximate surface area is 161 Å². The fourth-order valence-electron chi connectivity index (χ4n) is 3.38. The van der Waals surface area contributed by atoms with E-state index in [0.29, 0.717) is 5.56 Å². The first kappa shape index (κ1) is 21.1. The van der Waals surface area contributed by atoms with Crippen LogP contribution in [0.4, 0.5) is 8.78 Å². The van der Waals surface area contributed by atoms with Crippen molar-refractivity contribution in [2.24, 2.45) is 0 Å². The molecule has 154 valence electrons. The summed E-state index contributed by atoms with van der Waals surface area (Å²) in [5.41, 5.74) is -1.75. The molecule has 8 heteroatoms. The first-order valence-electron chi connectivity index (χ1n) is 9.21. The molecule has 3 rings (SSSR count). The van der Waals surface area contributed by atoms with Gasteiger partial charge in [-0.3, -0.25) is 0 Å². The van der Waals surface area contributed by atoms with Crippen LogP contribution >= 0.6 is 0 Å². The van der Waals surface area contributed by atoms with Crippen LogP contribution in [0, 0.1) is 11.8 Å². The van der Waals surface area contributed by atoms with Gasteiger partial charge in [0.15, 0.2) is 0 Å². The van der Waals surface area contributed by atoms with E-state index in [1.807, 2.05) is 0 Å². The molecule has 28 heavy (non-hydrogen) atoms. The largest absolute Gasteiger partial charge is 0.394 e. The molecular formula is C20H24F2O6. The lowest BCUT2D eigenvalue weighted by molar-refractivity contribution is -0.336.